The Morgan fingerprint density at radius 2 is 2.43 bits per heavy atom. The van der Waals surface area contributed by atoms with Gasteiger partial charge >= 0.3 is 0 Å². The molecule has 1 N–H and O–H groups in total. The molecule has 0 aliphatic heterocycles. The highest BCUT2D eigenvalue weighted by Crippen LogP contribution is 2.37. The third-order valence-corrected chi connectivity index (χ3v) is 3.26. The fourth-order valence-electron chi connectivity index (χ4n) is 1.93. The summed E-state index contributed by atoms with van der Waals surface area (Å²) in [5, 5.41) is 7.73. The molecule has 0 amide bonds. The standard InChI is InChI=1S/C11H19N3/c1-8-6-10(8)7-12-9(2)11-4-5-13-14(11)3/h4-5,8-10,12H,6-7H2,1-3H3. The highest BCUT2D eigenvalue weighted by molar-refractivity contribution is 5.05. The molecule has 0 saturated heterocycles. The number of aryl methyl sites for hydroxylation is 1. The van der Waals surface area contributed by atoms with Crippen molar-refractivity contribution in [3.8, 4) is 0 Å². The smallest absolute Gasteiger partial charge is 0.0547 e. The first-order valence-corrected chi connectivity index (χ1v) is 5.39. The minimum atomic E-state index is 0.412. The molecular formula is C11H19N3. The topological polar surface area (TPSA) is 29.9 Å². The summed E-state index contributed by atoms with van der Waals surface area (Å²) >= 11 is 0. The van der Waals surface area contributed by atoms with Crippen molar-refractivity contribution in [2.75, 3.05) is 6.54 Å². The zero-order chi connectivity index (χ0) is 10.1. The molecule has 14 heavy (non-hydrogen) atoms. The highest BCUT2D eigenvalue weighted by atomic mass is 15.3. The largest absolute Gasteiger partial charge is 0.309 e. The van der Waals surface area contributed by atoms with E-state index in [0.717, 1.165) is 18.4 Å². The lowest BCUT2D eigenvalue weighted by atomic mass is 10.2. The molecule has 0 bridgehead atoms. The van der Waals surface area contributed by atoms with E-state index in [1.54, 1.807) is 0 Å². The molecule has 2 rings (SSSR count). The summed E-state index contributed by atoms with van der Waals surface area (Å²) in [5.74, 6) is 1.84. The Balaban J connectivity index is 1.83. The van der Waals surface area contributed by atoms with Crippen LogP contribution in [-0.2, 0) is 7.05 Å². The lowest BCUT2D eigenvalue weighted by Crippen LogP contribution is -2.23. The second kappa shape index (κ2) is 3.73. The molecule has 3 heteroatoms. The van der Waals surface area contributed by atoms with Crippen molar-refractivity contribution in [2.45, 2.75) is 26.3 Å². The van der Waals surface area contributed by atoms with E-state index in [1.807, 2.05) is 17.9 Å². The first-order chi connectivity index (χ1) is 6.68. The quantitative estimate of drug-likeness (QED) is 0.789. The first-order valence-electron chi connectivity index (χ1n) is 5.39. The molecule has 1 aliphatic carbocycles. The van der Waals surface area contributed by atoms with Crippen LogP contribution in [-0.4, -0.2) is 16.3 Å². The Kier molecular flexibility index (Phi) is 2.59. The van der Waals surface area contributed by atoms with Gasteiger partial charge in [-0.05, 0) is 37.8 Å². The number of nitrogens with zero attached hydrogens (tertiary/aromatic N) is 2. The van der Waals surface area contributed by atoms with Gasteiger partial charge in [0.25, 0.3) is 0 Å². The Morgan fingerprint density at radius 1 is 1.71 bits per heavy atom. The van der Waals surface area contributed by atoms with Gasteiger partial charge in [-0.1, -0.05) is 6.92 Å². The van der Waals surface area contributed by atoms with Crippen LogP contribution in [0.25, 0.3) is 0 Å². The van der Waals surface area contributed by atoms with Gasteiger partial charge in [0.1, 0.15) is 0 Å². The molecule has 78 valence electrons. The summed E-state index contributed by atoms with van der Waals surface area (Å²) in [6.45, 7) is 5.67. The minimum absolute atomic E-state index is 0.412. The Labute approximate surface area is 85.5 Å². The van der Waals surface area contributed by atoms with Gasteiger partial charge in [0, 0.05) is 19.3 Å². The molecule has 1 heterocycles. The van der Waals surface area contributed by atoms with Gasteiger partial charge in [-0.25, -0.2) is 0 Å². The maximum atomic E-state index is 4.17. The summed E-state index contributed by atoms with van der Waals surface area (Å²) in [4.78, 5) is 0. The average Bonchev–Trinajstić information content (AvgIpc) is 2.67. The first kappa shape index (κ1) is 9.71. The van der Waals surface area contributed by atoms with Crippen molar-refractivity contribution in [1.82, 2.24) is 15.1 Å². The van der Waals surface area contributed by atoms with E-state index in [-0.39, 0.29) is 0 Å². The number of hydrogen-bond acceptors (Lipinski definition) is 2. The van der Waals surface area contributed by atoms with E-state index in [9.17, 15) is 0 Å². The second-order valence-electron chi connectivity index (χ2n) is 4.48. The van der Waals surface area contributed by atoms with Gasteiger partial charge in [0.2, 0.25) is 0 Å². The van der Waals surface area contributed by atoms with Crippen molar-refractivity contribution in [3.63, 3.8) is 0 Å². The summed E-state index contributed by atoms with van der Waals surface area (Å²) in [6.07, 6.45) is 3.25. The van der Waals surface area contributed by atoms with E-state index >= 15 is 0 Å². The Morgan fingerprint density at radius 3 is 2.93 bits per heavy atom. The van der Waals surface area contributed by atoms with E-state index < -0.39 is 0 Å². The van der Waals surface area contributed by atoms with Crippen molar-refractivity contribution in [1.29, 1.82) is 0 Å². The molecule has 3 atom stereocenters. The van der Waals surface area contributed by atoms with Crippen LogP contribution >= 0.6 is 0 Å². The van der Waals surface area contributed by atoms with E-state index in [4.69, 9.17) is 0 Å². The van der Waals surface area contributed by atoms with Crippen molar-refractivity contribution in [2.24, 2.45) is 18.9 Å². The van der Waals surface area contributed by atoms with Crippen LogP contribution in [0.5, 0.6) is 0 Å². The van der Waals surface area contributed by atoms with Crippen LogP contribution in [0.2, 0.25) is 0 Å². The molecule has 1 fully saturated rings. The van der Waals surface area contributed by atoms with Crippen LogP contribution in [0.3, 0.4) is 0 Å². The van der Waals surface area contributed by atoms with Gasteiger partial charge in [0.05, 0.1) is 5.69 Å². The summed E-state index contributed by atoms with van der Waals surface area (Å²) in [6, 6.07) is 2.49. The Hall–Kier alpha value is -0.830. The van der Waals surface area contributed by atoms with E-state index in [0.29, 0.717) is 6.04 Å². The fourth-order valence-corrected chi connectivity index (χ4v) is 1.93. The van der Waals surface area contributed by atoms with Gasteiger partial charge in [-0.15, -0.1) is 0 Å². The molecule has 0 spiro atoms. The SMILES string of the molecule is CC(NCC1CC1C)c1ccnn1C. The number of aromatic nitrogens is 2. The normalized spacial score (nSPS) is 27.6. The highest BCUT2D eigenvalue weighted by Gasteiger charge is 2.32. The lowest BCUT2D eigenvalue weighted by Gasteiger charge is -2.13. The summed E-state index contributed by atoms with van der Waals surface area (Å²) in [5.41, 5.74) is 1.26. The fraction of sp³-hybridized carbons (Fsp3) is 0.727. The third kappa shape index (κ3) is 1.98. The summed E-state index contributed by atoms with van der Waals surface area (Å²) in [7, 11) is 1.99. The lowest BCUT2D eigenvalue weighted by molar-refractivity contribution is 0.504. The number of nitrogens with one attached hydrogen (secondary N) is 1. The molecular weight excluding hydrogens is 174 g/mol. The van der Waals surface area contributed by atoms with Crippen molar-refractivity contribution < 1.29 is 0 Å². The maximum absolute atomic E-state index is 4.17. The van der Waals surface area contributed by atoms with Crippen LogP contribution in [0.15, 0.2) is 12.3 Å². The van der Waals surface area contributed by atoms with Gasteiger partial charge < -0.3 is 5.32 Å². The molecule has 3 nitrogen and oxygen atoms in total. The second-order valence-corrected chi connectivity index (χ2v) is 4.48. The molecule has 1 aliphatic rings. The minimum Gasteiger partial charge on any atom is -0.309 e. The Bertz CT molecular complexity index is 305. The van der Waals surface area contributed by atoms with Crippen LogP contribution < -0.4 is 5.32 Å². The van der Waals surface area contributed by atoms with Crippen LogP contribution in [0.4, 0.5) is 0 Å². The van der Waals surface area contributed by atoms with Gasteiger partial charge in [-0.3, -0.25) is 4.68 Å². The predicted molar refractivity (Wildman–Crippen MR) is 56.9 cm³/mol. The summed E-state index contributed by atoms with van der Waals surface area (Å²) < 4.78 is 1.94. The number of rotatable bonds is 4. The average molecular weight is 193 g/mol. The molecule has 1 aromatic heterocycles. The molecule has 3 unspecified atom stereocenters. The molecule has 1 saturated carbocycles. The van der Waals surface area contributed by atoms with E-state index in [2.05, 4.69) is 30.3 Å². The molecule has 0 radical (unpaired) electrons. The van der Waals surface area contributed by atoms with Crippen molar-refractivity contribution in [3.05, 3.63) is 18.0 Å². The van der Waals surface area contributed by atoms with Crippen LogP contribution in [0.1, 0.15) is 32.0 Å². The van der Waals surface area contributed by atoms with Crippen molar-refractivity contribution >= 4 is 0 Å². The monoisotopic (exact) mass is 193 g/mol. The third-order valence-electron chi connectivity index (χ3n) is 3.26. The maximum Gasteiger partial charge on any atom is 0.0547 e. The van der Waals surface area contributed by atoms with Gasteiger partial charge in [-0.2, -0.15) is 5.10 Å². The number of hydrogen-bond donors (Lipinski definition) is 1. The zero-order valence-corrected chi connectivity index (χ0v) is 9.20. The predicted octanol–water partition coefficient (Wildman–Crippen LogP) is 1.73. The molecule has 0 aromatic carbocycles. The van der Waals surface area contributed by atoms with Gasteiger partial charge in [0.15, 0.2) is 0 Å². The van der Waals surface area contributed by atoms with E-state index in [1.165, 1.54) is 12.1 Å². The zero-order valence-electron chi connectivity index (χ0n) is 9.20. The van der Waals surface area contributed by atoms with Crippen LogP contribution in [0, 0.1) is 11.8 Å². The molecule has 1 aromatic rings.